The summed E-state index contributed by atoms with van der Waals surface area (Å²) < 4.78 is 26.3. The fraction of sp³-hybridized carbons (Fsp3) is 1.00. The summed E-state index contributed by atoms with van der Waals surface area (Å²) in [6, 6.07) is 0. The van der Waals surface area contributed by atoms with E-state index in [9.17, 15) is 9.13 Å². The van der Waals surface area contributed by atoms with Crippen molar-refractivity contribution in [2.75, 3.05) is 6.61 Å². The molecule has 0 spiro atoms. The van der Waals surface area contributed by atoms with Crippen LogP contribution in [0.2, 0.25) is 0 Å². The van der Waals surface area contributed by atoms with Gasteiger partial charge in [0.2, 0.25) is 0 Å². The molecule has 0 radical (unpaired) electrons. The summed E-state index contributed by atoms with van der Waals surface area (Å²) in [5.41, 5.74) is -2.66. The second-order valence-corrected chi connectivity index (χ2v) is 7.70. The fourth-order valence-corrected chi connectivity index (χ4v) is 3.40. The van der Waals surface area contributed by atoms with E-state index in [2.05, 4.69) is 11.4 Å². The molecule has 104 valence electrons. The molecule has 0 aromatic heterocycles. The number of unbranched alkanes of at least 4 members (excludes halogenated alkanes) is 4. The molecular weight excluding hydrogens is 270 g/mol. The maximum Gasteiger partial charge on any atom is 0.368 e. The molecule has 9 heteroatoms. The van der Waals surface area contributed by atoms with Crippen LogP contribution in [0.1, 0.15) is 39.0 Å². The zero-order valence-electron chi connectivity index (χ0n) is 9.73. The van der Waals surface area contributed by atoms with Gasteiger partial charge in [0.25, 0.3) is 5.59 Å². The molecule has 7 nitrogen and oxygen atoms in total. The van der Waals surface area contributed by atoms with Gasteiger partial charge in [-0.2, -0.15) is 0 Å². The molecule has 0 aromatic carbocycles. The van der Waals surface area contributed by atoms with E-state index in [0.717, 1.165) is 25.7 Å². The van der Waals surface area contributed by atoms with Crippen molar-refractivity contribution in [1.29, 1.82) is 0 Å². The summed E-state index contributed by atoms with van der Waals surface area (Å²) in [5, 5.41) is 8.95. The zero-order valence-corrected chi connectivity index (χ0v) is 11.5. The molecular formula is C8H20O7P2. The van der Waals surface area contributed by atoms with Crippen molar-refractivity contribution in [3.05, 3.63) is 0 Å². The van der Waals surface area contributed by atoms with Crippen molar-refractivity contribution in [1.82, 2.24) is 0 Å². The van der Waals surface area contributed by atoms with Crippen molar-refractivity contribution in [3.63, 3.8) is 0 Å². The normalized spacial score (nSPS) is 17.7. The summed E-state index contributed by atoms with van der Waals surface area (Å²) in [6.07, 6.45) is 4.41. The molecule has 0 fully saturated rings. The highest BCUT2D eigenvalue weighted by atomic mass is 31.2. The third-order valence-corrected chi connectivity index (χ3v) is 5.63. The van der Waals surface area contributed by atoms with E-state index in [1.165, 1.54) is 0 Å². The molecule has 17 heavy (non-hydrogen) atoms. The summed E-state index contributed by atoms with van der Waals surface area (Å²) in [6.45, 7) is 1.95. The molecule has 0 saturated carbocycles. The van der Waals surface area contributed by atoms with Crippen molar-refractivity contribution in [2.45, 2.75) is 44.6 Å². The summed E-state index contributed by atoms with van der Waals surface area (Å²) in [4.78, 5) is 26.2. The van der Waals surface area contributed by atoms with Crippen molar-refractivity contribution >= 4 is 15.2 Å². The summed E-state index contributed by atoms with van der Waals surface area (Å²) in [7, 11) is -9.70. The van der Waals surface area contributed by atoms with Crippen LogP contribution >= 0.6 is 15.2 Å². The lowest BCUT2D eigenvalue weighted by Crippen LogP contribution is -2.10. The molecule has 0 rings (SSSR count). The second-order valence-electron chi connectivity index (χ2n) is 3.75. The van der Waals surface area contributed by atoms with Gasteiger partial charge in [-0.25, -0.2) is 0 Å². The van der Waals surface area contributed by atoms with Crippen LogP contribution in [0.4, 0.5) is 0 Å². The molecule has 4 N–H and O–H groups in total. The van der Waals surface area contributed by atoms with Crippen molar-refractivity contribution in [3.8, 4) is 0 Å². The van der Waals surface area contributed by atoms with Crippen LogP contribution in [0, 0.1) is 0 Å². The van der Waals surface area contributed by atoms with Crippen LogP contribution in [0.5, 0.6) is 0 Å². The quantitative estimate of drug-likeness (QED) is 0.375. The highest BCUT2D eigenvalue weighted by Gasteiger charge is 2.44. The van der Waals surface area contributed by atoms with Gasteiger partial charge in [0.05, 0.1) is 6.61 Å². The third kappa shape index (κ3) is 7.32. The van der Waals surface area contributed by atoms with Crippen LogP contribution in [0.3, 0.4) is 0 Å². The van der Waals surface area contributed by atoms with Gasteiger partial charge in [0.15, 0.2) is 0 Å². The maximum atomic E-state index is 11.2. The van der Waals surface area contributed by atoms with Crippen LogP contribution < -0.4 is 0 Å². The molecule has 0 aliphatic heterocycles. The first-order valence-electron chi connectivity index (χ1n) is 5.42. The van der Waals surface area contributed by atoms with Gasteiger partial charge >= 0.3 is 15.2 Å². The number of hydrogen-bond acceptors (Lipinski definition) is 4. The number of hydrogen-bond donors (Lipinski definition) is 4. The van der Waals surface area contributed by atoms with E-state index in [1.54, 1.807) is 0 Å². The van der Waals surface area contributed by atoms with E-state index >= 15 is 0 Å². The Labute approximate surface area is 101 Å². The molecule has 0 aliphatic rings. The number of aliphatic hydroxyl groups excluding tert-OH is 1. The van der Waals surface area contributed by atoms with Crippen LogP contribution in [0.25, 0.3) is 0 Å². The number of aliphatic hydroxyl groups is 1. The largest absolute Gasteiger partial charge is 0.370 e. The van der Waals surface area contributed by atoms with Gasteiger partial charge in [-0.1, -0.05) is 32.6 Å². The fourth-order valence-electron chi connectivity index (χ4n) is 1.16. The Bertz CT molecular complexity index is 300. The van der Waals surface area contributed by atoms with Crippen LogP contribution in [-0.2, 0) is 13.7 Å². The van der Waals surface area contributed by atoms with Crippen molar-refractivity contribution < 1.29 is 33.4 Å². The SMILES string of the molecule is CCCCCCCOP(=O)(O)C(O)P(=O)(O)O. The average Bonchev–Trinajstić information content (AvgIpc) is 2.20. The minimum absolute atomic E-state index is 0.103. The minimum Gasteiger partial charge on any atom is -0.370 e. The Hall–Kier alpha value is 0.260. The van der Waals surface area contributed by atoms with Crippen LogP contribution in [0.15, 0.2) is 0 Å². The molecule has 0 saturated heterocycles. The lowest BCUT2D eigenvalue weighted by molar-refractivity contribution is 0.186. The molecule has 0 bridgehead atoms. The van der Waals surface area contributed by atoms with Gasteiger partial charge in [0, 0.05) is 0 Å². The Morgan fingerprint density at radius 2 is 1.59 bits per heavy atom. The summed E-state index contributed by atoms with van der Waals surface area (Å²) in [5.74, 6) is 0. The zero-order chi connectivity index (χ0) is 13.5. The Kier molecular flexibility index (Phi) is 7.76. The maximum absolute atomic E-state index is 11.2. The van der Waals surface area contributed by atoms with E-state index in [0.29, 0.717) is 6.42 Å². The molecule has 2 unspecified atom stereocenters. The predicted molar refractivity (Wildman–Crippen MR) is 62.6 cm³/mol. The van der Waals surface area contributed by atoms with Gasteiger partial charge in [0.1, 0.15) is 0 Å². The van der Waals surface area contributed by atoms with Gasteiger partial charge in [-0.3, -0.25) is 9.13 Å². The molecule has 0 heterocycles. The topological polar surface area (TPSA) is 124 Å². The van der Waals surface area contributed by atoms with E-state index in [1.807, 2.05) is 0 Å². The summed E-state index contributed by atoms with van der Waals surface area (Å²) >= 11 is 0. The standard InChI is InChI=1S/C8H20O7P2/c1-2-3-4-5-6-7-15-17(13,14)8(9)16(10,11)12/h8-9H,2-7H2,1H3,(H,13,14)(H2,10,11,12). The highest BCUT2D eigenvalue weighted by Crippen LogP contribution is 2.61. The van der Waals surface area contributed by atoms with Crippen LogP contribution in [-0.4, -0.2) is 32.0 Å². The van der Waals surface area contributed by atoms with E-state index in [-0.39, 0.29) is 6.61 Å². The van der Waals surface area contributed by atoms with E-state index < -0.39 is 20.8 Å². The Morgan fingerprint density at radius 1 is 1.06 bits per heavy atom. The van der Waals surface area contributed by atoms with Gasteiger partial charge in [-0.15, -0.1) is 0 Å². The van der Waals surface area contributed by atoms with Crippen molar-refractivity contribution in [2.24, 2.45) is 0 Å². The Balaban J connectivity index is 3.95. The molecule has 0 aromatic rings. The lowest BCUT2D eigenvalue weighted by Gasteiger charge is -2.18. The van der Waals surface area contributed by atoms with E-state index in [4.69, 9.17) is 19.8 Å². The third-order valence-electron chi connectivity index (χ3n) is 2.12. The lowest BCUT2D eigenvalue weighted by atomic mass is 10.2. The van der Waals surface area contributed by atoms with Gasteiger partial charge in [-0.05, 0) is 6.42 Å². The molecule has 2 atom stereocenters. The molecule has 0 aliphatic carbocycles. The average molecular weight is 290 g/mol. The molecule has 0 amide bonds. The minimum atomic E-state index is -5.03. The first-order valence-corrected chi connectivity index (χ1v) is 8.75. The monoisotopic (exact) mass is 290 g/mol. The van der Waals surface area contributed by atoms with Gasteiger partial charge < -0.3 is 24.3 Å². The predicted octanol–water partition coefficient (Wildman–Crippen LogP) is 1.61. The first kappa shape index (κ1) is 17.3. The first-order chi connectivity index (χ1) is 7.72. The number of rotatable bonds is 9. The smallest absolute Gasteiger partial charge is 0.368 e. The Morgan fingerprint density at radius 3 is 2.06 bits per heavy atom. The highest BCUT2D eigenvalue weighted by molar-refractivity contribution is 7.70. The second kappa shape index (κ2) is 7.64.